The topological polar surface area (TPSA) is 99.5 Å². The number of ether oxygens (including phenoxy) is 1. The number of hydrogen-bond donors (Lipinski definition) is 3. The number of H-pyrrole nitrogens is 1. The van der Waals surface area contributed by atoms with Gasteiger partial charge in [0.25, 0.3) is 5.91 Å². The lowest BCUT2D eigenvalue weighted by atomic mass is 9.89. The molecule has 0 unspecified atom stereocenters. The average molecular weight is 517 g/mol. The monoisotopic (exact) mass is 516 g/mol. The highest BCUT2D eigenvalue weighted by Crippen LogP contribution is 2.35. The SMILES string of the molecule is CN1CCC(Nc2cnc3[nH]cc(C4CCN(C(=O)c5ccc(OC(F)(F)F)cc5N)CC4)c3c2)CC1. The fourth-order valence-electron chi connectivity index (χ4n) is 5.33. The quantitative estimate of drug-likeness (QED) is 0.430. The lowest BCUT2D eigenvalue weighted by molar-refractivity contribution is -0.274. The van der Waals surface area contributed by atoms with Crippen LogP contribution in [0.1, 0.15) is 47.5 Å². The second-order valence-electron chi connectivity index (χ2n) is 9.95. The molecule has 3 aromatic rings. The number of nitrogen functional groups attached to an aromatic ring is 1. The number of nitrogens with two attached hydrogens (primary N) is 1. The molecule has 2 fully saturated rings. The highest BCUT2D eigenvalue weighted by atomic mass is 19.4. The normalized spacial score (nSPS) is 18.3. The fourth-order valence-corrected chi connectivity index (χ4v) is 5.33. The van der Waals surface area contributed by atoms with E-state index in [-0.39, 0.29) is 23.1 Å². The number of aromatic amines is 1. The number of benzene rings is 1. The van der Waals surface area contributed by atoms with Crippen molar-refractivity contribution in [1.29, 1.82) is 0 Å². The number of piperidine rings is 2. The van der Waals surface area contributed by atoms with Gasteiger partial charge >= 0.3 is 6.36 Å². The minimum Gasteiger partial charge on any atom is -0.406 e. The van der Waals surface area contributed by atoms with Gasteiger partial charge in [0.05, 0.1) is 17.4 Å². The summed E-state index contributed by atoms with van der Waals surface area (Å²) in [5.41, 5.74) is 9.07. The van der Waals surface area contributed by atoms with Crippen molar-refractivity contribution in [3.8, 4) is 5.75 Å². The van der Waals surface area contributed by atoms with E-state index < -0.39 is 12.1 Å². The molecule has 4 N–H and O–H groups in total. The second kappa shape index (κ2) is 10.1. The first-order valence-electron chi connectivity index (χ1n) is 12.5. The number of nitrogens with zero attached hydrogens (tertiary/aromatic N) is 3. The van der Waals surface area contributed by atoms with Gasteiger partial charge in [-0.25, -0.2) is 4.98 Å². The van der Waals surface area contributed by atoms with E-state index in [0.29, 0.717) is 19.1 Å². The van der Waals surface area contributed by atoms with Crippen LogP contribution in [0.25, 0.3) is 11.0 Å². The molecule has 8 nitrogen and oxygen atoms in total. The molecule has 0 aliphatic carbocycles. The first-order chi connectivity index (χ1) is 17.7. The van der Waals surface area contributed by atoms with Crippen LogP contribution in [0.5, 0.6) is 5.75 Å². The summed E-state index contributed by atoms with van der Waals surface area (Å²) >= 11 is 0. The standard InChI is InChI=1S/C26H31F3N6O2/c1-34-8-6-17(7-9-34)33-18-12-21-22(15-32-24(21)31-14-18)16-4-10-35(11-5-16)25(36)20-3-2-19(13-23(20)30)37-26(27,28)29/h2-3,12-17,33H,4-11,30H2,1H3,(H,31,32). The van der Waals surface area contributed by atoms with E-state index in [1.54, 1.807) is 4.90 Å². The molecule has 0 atom stereocenters. The highest BCUT2D eigenvalue weighted by Gasteiger charge is 2.32. The summed E-state index contributed by atoms with van der Waals surface area (Å²) in [5.74, 6) is -0.476. The van der Waals surface area contributed by atoms with Gasteiger partial charge in [-0.1, -0.05) is 0 Å². The number of alkyl halides is 3. The lowest BCUT2D eigenvalue weighted by Crippen LogP contribution is -2.38. The molecular weight excluding hydrogens is 485 g/mol. The van der Waals surface area contributed by atoms with Gasteiger partial charge in [0.1, 0.15) is 11.4 Å². The maximum absolute atomic E-state index is 13.0. The van der Waals surface area contributed by atoms with Crippen molar-refractivity contribution in [2.45, 2.75) is 44.0 Å². The summed E-state index contributed by atoms with van der Waals surface area (Å²) in [6.07, 6.45) is 2.80. The number of aromatic nitrogens is 2. The number of hydrogen-bond acceptors (Lipinski definition) is 6. The highest BCUT2D eigenvalue weighted by molar-refractivity contribution is 5.99. The Kier molecular flexibility index (Phi) is 6.89. The minimum atomic E-state index is -4.82. The smallest absolute Gasteiger partial charge is 0.406 e. The number of likely N-dealkylation sites (tertiary alicyclic amines) is 2. The summed E-state index contributed by atoms with van der Waals surface area (Å²) in [6.45, 7) is 3.21. The largest absolute Gasteiger partial charge is 0.573 e. The van der Waals surface area contributed by atoms with Crippen LogP contribution in [-0.2, 0) is 0 Å². The molecule has 2 aliphatic rings. The molecule has 37 heavy (non-hydrogen) atoms. The van der Waals surface area contributed by atoms with E-state index in [1.807, 2.05) is 12.4 Å². The van der Waals surface area contributed by atoms with Crippen LogP contribution in [0.4, 0.5) is 24.5 Å². The fraction of sp³-hybridized carbons (Fsp3) is 0.462. The van der Waals surface area contributed by atoms with E-state index in [0.717, 1.165) is 67.6 Å². The number of amides is 1. The third-order valence-corrected chi connectivity index (χ3v) is 7.36. The van der Waals surface area contributed by atoms with E-state index in [9.17, 15) is 18.0 Å². The summed E-state index contributed by atoms with van der Waals surface area (Å²) in [5, 5.41) is 4.73. The molecule has 0 spiro atoms. The average Bonchev–Trinajstić information content (AvgIpc) is 3.28. The maximum atomic E-state index is 13.0. The van der Waals surface area contributed by atoms with E-state index in [2.05, 4.69) is 38.0 Å². The number of anilines is 2. The number of carbonyl (C=O) groups excluding carboxylic acids is 1. The van der Waals surface area contributed by atoms with Crippen molar-refractivity contribution in [3.05, 3.63) is 47.8 Å². The van der Waals surface area contributed by atoms with Gasteiger partial charge in [-0.05, 0) is 75.5 Å². The predicted molar refractivity (Wildman–Crippen MR) is 136 cm³/mol. The maximum Gasteiger partial charge on any atom is 0.573 e. The van der Waals surface area contributed by atoms with Crippen LogP contribution in [-0.4, -0.2) is 71.3 Å². The Morgan fingerprint density at radius 1 is 1.14 bits per heavy atom. The molecule has 1 amide bonds. The molecule has 2 aliphatic heterocycles. The van der Waals surface area contributed by atoms with Crippen molar-refractivity contribution in [3.63, 3.8) is 0 Å². The zero-order chi connectivity index (χ0) is 26.2. The Balaban J connectivity index is 1.23. The van der Waals surface area contributed by atoms with Crippen LogP contribution in [0.3, 0.4) is 0 Å². The molecule has 11 heteroatoms. The van der Waals surface area contributed by atoms with Crippen LogP contribution in [0.2, 0.25) is 0 Å². The second-order valence-corrected chi connectivity index (χ2v) is 9.95. The molecule has 2 saturated heterocycles. The van der Waals surface area contributed by atoms with Crippen LogP contribution in [0, 0.1) is 0 Å². The van der Waals surface area contributed by atoms with Gasteiger partial charge in [-0.15, -0.1) is 13.2 Å². The Morgan fingerprint density at radius 2 is 1.86 bits per heavy atom. The van der Waals surface area contributed by atoms with Crippen molar-refractivity contribution < 1.29 is 22.7 Å². The van der Waals surface area contributed by atoms with Crippen LogP contribution < -0.4 is 15.8 Å². The van der Waals surface area contributed by atoms with Gasteiger partial charge < -0.3 is 30.6 Å². The Morgan fingerprint density at radius 3 is 2.54 bits per heavy atom. The van der Waals surface area contributed by atoms with Gasteiger partial charge in [0, 0.05) is 42.5 Å². The van der Waals surface area contributed by atoms with Gasteiger partial charge in [-0.3, -0.25) is 4.79 Å². The third-order valence-electron chi connectivity index (χ3n) is 7.36. The van der Waals surface area contributed by atoms with E-state index in [1.165, 1.54) is 11.6 Å². The Labute approximate surface area is 213 Å². The molecule has 0 bridgehead atoms. The number of halogens is 3. The molecule has 0 saturated carbocycles. The predicted octanol–water partition coefficient (Wildman–Crippen LogP) is 4.57. The minimum absolute atomic E-state index is 0.0405. The van der Waals surface area contributed by atoms with Crippen LogP contribution >= 0.6 is 0 Å². The number of rotatable bonds is 5. The molecule has 198 valence electrons. The lowest BCUT2D eigenvalue weighted by Gasteiger charge is -2.32. The van der Waals surface area contributed by atoms with Gasteiger partial charge in [0.2, 0.25) is 0 Å². The number of fused-ring (bicyclic) bond motifs is 1. The summed E-state index contributed by atoms with van der Waals surface area (Å²) < 4.78 is 41.3. The number of nitrogens with one attached hydrogen (secondary N) is 2. The van der Waals surface area contributed by atoms with Gasteiger partial charge in [0.15, 0.2) is 0 Å². The number of pyridine rings is 1. The van der Waals surface area contributed by atoms with Crippen molar-refractivity contribution >= 4 is 28.3 Å². The third kappa shape index (κ3) is 5.76. The molecule has 1 aromatic carbocycles. The number of carbonyl (C=O) groups is 1. The zero-order valence-corrected chi connectivity index (χ0v) is 20.6. The Bertz CT molecular complexity index is 1260. The first kappa shape index (κ1) is 25.2. The molecule has 4 heterocycles. The van der Waals surface area contributed by atoms with E-state index in [4.69, 9.17) is 5.73 Å². The summed E-state index contributed by atoms with van der Waals surface area (Å²) in [7, 11) is 2.15. The first-order valence-corrected chi connectivity index (χ1v) is 12.5. The molecular formula is C26H31F3N6O2. The van der Waals surface area contributed by atoms with Crippen molar-refractivity contribution in [1.82, 2.24) is 19.8 Å². The molecule has 2 aromatic heterocycles. The van der Waals surface area contributed by atoms with E-state index >= 15 is 0 Å². The van der Waals surface area contributed by atoms with Crippen LogP contribution in [0.15, 0.2) is 36.7 Å². The molecule has 0 radical (unpaired) electrons. The summed E-state index contributed by atoms with van der Waals surface area (Å²) in [6, 6.07) is 6.03. The zero-order valence-electron chi connectivity index (χ0n) is 20.6. The van der Waals surface area contributed by atoms with Crippen molar-refractivity contribution in [2.24, 2.45) is 0 Å². The van der Waals surface area contributed by atoms with Crippen molar-refractivity contribution in [2.75, 3.05) is 44.3 Å². The Hall–Kier alpha value is -3.47. The summed E-state index contributed by atoms with van der Waals surface area (Å²) in [4.78, 5) is 25.0. The molecule has 5 rings (SSSR count). The van der Waals surface area contributed by atoms with Gasteiger partial charge in [-0.2, -0.15) is 0 Å².